The van der Waals surface area contributed by atoms with Crippen molar-refractivity contribution in [1.29, 1.82) is 0 Å². The summed E-state index contributed by atoms with van der Waals surface area (Å²) in [5.74, 6) is 0.859. The summed E-state index contributed by atoms with van der Waals surface area (Å²) in [7, 11) is 0. The third kappa shape index (κ3) is 4.79. The van der Waals surface area contributed by atoms with Gasteiger partial charge in [-0.2, -0.15) is 0 Å². The monoisotopic (exact) mass is 419 g/mol. The Hall–Kier alpha value is -2.81. The number of hydrogen-bond donors (Lipinski definition) is 2. The van der Waals surface area contributed by atoms with Gasteiger partial charge >= 0.3 is 0 Å². The highest BCUT2D eigenvalue weighted by molar-refractivity contribution is 7.17. The van der Waals surface area contributed by atoms with E-state index in [-0.39, 0.29) is 11.8 Å². The second kappa shape index (κ2) is 9.60. The third-order valence-electron chi connectivity index (χ3n) is 4.17. The quantitative estimate of drug-likeness (QED) is 0.681. The van der Waals surface area contributed by atoms with Gasteiger partial charge in [-0.1, -0.05) is 11.3 Å². The van der Waals surface area contributed by atoms with Crippen LogP contribution in [0, 0.1) is 0 Å². The van der Waals surface area contributed by atoms with Gasteiger partial charge in [0.2, 0.25) is 5.75 Å². The molecule has 0 spiro atoms. The summed E-state index contributed by atoms with van der Waals surface area (Å²) in [5.41, 5.74) is 1.08. The van der Waals surface area contributed by atoms with E-state index >= 15 is 0 Å². The molecule has 1 aromatic carbocycles. The summed E-state index contributed by atoms with van der Waals surface area (Å²) in [6, 6.07) is 3.25. The Morgan fingerprint density at radius 3 is 2.41 bits per heavy atom. The van der Waals surface area contributed by atoms with Crippen LogP contribution in [0.5, 0.6) is 17.2 Å². The van der Waals surface area contributed by atoms with Crippen LogP contribution in [0.4, 0.5) is 5.13 Å². The summed E-state index contributed by atoms with van der Waals surface area (Å²) in [6.45, 7) is 7.51. The van der Waals surface area contributed by atoms with Gasteiger partial charge in [-0.25, -0.2) is 4.98 Å². The van der Waals surface area contributed by atoms with Gasteiger partial charge in [0.05, 0.1) is 25.5 Å². The molecule has 0 bridgehead atoms. The minimum absolute atomic E-state index is 0.145. The maximum atomic E-state index is 12.9. The molecule has 0 fully saturated rings. The Bertz CT molecular complexity index is 869. The summed E-state index contributed by atoms with van der Waals surface area (Å²) >= 11 is 1.18. The number of nitrogens with one attached hydrogen (secondary N) is 2. The number of hydrogen-bond acceptors (Lipinski definition) is 7. The van der Waals surface area contributed by atoms with E-state index in [4.69, 9.17) is 14.2 Å². The minimum atomic E-state index is -0.362. The van der Waals surface area contributed by atoms with Crippen LogP contribution in [0.3, 0.4) is 0 Å². The van der Waals surface area contributed by atoms with Gasteiger partial charge in [-0.3, -0.25) is 14.9 Å². The molecule has 2 N–H and O–H groups in total. The Morgan fingerprint density at radius 2 is 1.79 bits per heavy atom. The Labute approximate surface area is 173 Å². The second-order valence-electron chi connectivity index (χ2n) is 6.21. The number of aromatic nitrogens is 1. The van der Waals surface area contributed by atoms with Crippen LogP contribution >= 0.6 is 11.3 Å². The molecule has 29 heavy (non-hydrogen) atoms. The number of rotatable bonds is 8. The third-order valence-corrected chi connectivity index (χ3v) is 5.18. The first-order chi connectivity index (χ1) is 14.1. The number of benzene rings is 1. The number of ether oxygens (including phenoxy) is 3. The van der Waals surface area contributed by atoms with E-state index in [0.717, 1.165) is 12.1 Å². The van der Waals surface area contributed by atoms with E-state index in [2.05, 4.69) is 15.6 Å². The van der Waals surface area contributed by atoms with Crippen molar-refractivity contribution in [1.82, 2.24) is 10.3 Å². The lowest BCUT2D eigenvalue weighted by atomic mass is 10.1. The normalized spacial score (nSPS) is 13.1. The Morgan fingerprint density at radius 1 is 1.14 bits per heavy atom. The van der Waals surface area contributed by atoms with Crippen LogP contribution in [0.2, 0.25) is 0 Å². The smallest absolute Gasteiger partial charge is 0.263 e. The zero-order valence-corrected chi connectivity index (χ0v) is 17.6. The predicted molar refractivity (Wildman–Crippen MR) is 111 cm³/mol. The number of aryl methyl sites for hydroxylation is 1. The summed E-state index contributed by atoms with van der Waals surface area (Å²) < 4.78 is 17.0. The number of anilines is 1. The SMILES string of the molecule is CCOc1cc(C(=O)Nc2nc3c(s2)C(=O)NCCC3)cc(OCC)c1OCC. The van der Waals surface area contributed by atoms with Crippen LogP contribution in [0.15, 0.2) is 12.1 Å². The molecular weight excluding hydrogens is 394 g/mol. The van der Waals surface area contributed by atoms with Gasteiger partial charge < -0.3 is 19.5 Å². The maximum absolute atomic E-state index is 12.9. The molecule has 2 aromatic rings. The molecule has 9 heteroatoms. The van der Waals surface area contributed by atoms with Crippen molar-refractivity contribution in [2.24, 2.45) is 0 Å². The number of carbonyl (C=O) groups excluding carboxylic acids is 2. The first-order valence-corrected chi connectivity index (χ1v) is 10.5. The fourth-order valence-electron chi connectivity index (χ4n) is 2.98. The van der Waals surface area contributed by atoms with Crippen LogP contribution in [0.25, 0.3) is 0 Å². The highest BCUT2D eigenvalue weighted by Crippen LogP contribution is 2.39. The number of carbonyl (C=O) groups is 2. The topological polar surface area (TPSA) is 98.8 Å². The lowest BCUT2D eigenvalue weighted by Gasteiger charge is -2.16. The number of nitrogens with zero attached hydrogens (tertiary/aromatic N) is 1. The lowest BCUT2D eigenvalue weighted by molar-refractivity contribution is 0.0958. The molecule has 2 heterocycles. The fraction of sp³-hybridized carbons (Fsp3) is 0.450. The molecule has 1 aliphatic rings. The Kier molecular flexibility index (Phi) is 6.92. The van der Waals surface area contributed by atoms with Crippen molar-refractivity contribution in [2.75, 3.05) is 31.7 Å². The zero-order valence-electron chi connectivity index (χ0n) is 16.8. The molecule has 1 aromatic heterocycles. The van der Waals surface area contributed by atoms with E-state index in [1.807, 2.05) is 20.8 Å². The van der Waals surface area contributed by atoms with Crippen molar-refractivity contribution < 1.29 is 23.8 Å². The van der Waals surface area contributed by atoms with Crippen LogP contribution < -0.4 is 24.8 Å². The molecule has 1 aliphatic heterocycles. The second-order valence-corrected chi connectivity index (χ2v) is 7.21. The first kappa shape index (κ1) is 20.9. The van der Waals surface area contributed by atoms with Crippen LogP contribution in [0.1, 0.15) is 52.9 Å². The average molecular weight is 420 g/mol. The standard InChI is InChI=1S/C20H25N3O5S/c1-4-26-14-10-12(11-15(27-5-2)16(14)28-6-3)18(24)23-20-22-13-8-7-9-21-19(25)17(13)29-20/h10-11H,4-9H2,1-3H3,(H,21,25)(H,22,23,24). The number of fused-ring (bicyclic) bond motifs is 1. The van der Waals surface area contributed by atoms with E-state index in [9.17, 15) is 9.59 Å². The minimum Gasteiger partial charge on any atom is -0.490 e. The highest BCUT2D eigenvalue weighted by Gasteiger charge is 2.23. The van der Waals surface area contributed by atoms with Crippen molar-refractivity contribution >= 4 is 28.3 Å². The molecule has 0 radical (unpaired) electrons. The van der Waals surface area contributed by atoms with Gasteiger partial charge in [0, 0.05) is 12.1 Å². The van der Waals surface area contributed by atoms with Gasteiger partial charge in [0.1, 0.15) is 4.88 Å². The predicted octanol–water partition coefficient (Wildman–Crippen LogP) is 3.27. The summed E-state index contributed by atoms with van der Waals surface area (Å²) in [6.07, 6.45) is 1.52. The summed E-state index contributed by atoms with van der Waals surface area (Å²) in [4.78, 5) is 29.9. The number of amides is 2. The van der Waals surface area contributed by atoms with Gasteiger partial charge in [-0.15, -0.1) is 0 Å². The number of thiazole rings is 1. The lowest BCUT2D eigenvalue weighted by Crippen LogP contribution is -2.21. The molecule has 0 saturated carbocycles. The molecule has 8 nitrogen and oxygen atoms in total. The van der Waals surface area contributed by atoms with Crippen molar-refractivity contribution in [3.63, 3.8) is 0 Å². The summed E-state index contributed by atoms with van der Waals surface area (Å²) in [5, 5.41) is 6.01. The molecule has 0 unspecified atom stereocenters. The zero-order chi connectivity index (χ0) is 20.8. The molecule has 0 atom stereocenters. The molecular formula is C20H25N3O5S. The molecule has 156 valence electrons. The van der Waals surface area contributed by atoms with E-state index in [1.165, 1.54) is 11.3 Å². The van der Waals surface area contributed by atoms with Crippen LogP contribution in [-0.4, -0.2) is 43.2 Å². The van der Waals surface area contributed by atoms with E-state index in [0.29, 0.717) is 65.6 Å². The molecule has 3 rings (SSSR count). The maximum Gasteiger partial charge on any atom is 0.263 e. The van der Waals surface area contributed by atoms with Crippen LogP contribution in [-0.2, 0) is 6.42 Å². The van der Waals surface area contributed by atoms with E-state index in [1.54, 1.807) is 12.1 Å². The van der Waals surface area contributed by atoms with Crippen molar-refractivity contribution in [3.05, 3.63) is 28.3 Å². The van der Waals surface area contributed by atoms with E-state index < -0.39 is 0 Å². The van der Waals surface area contributed by atoms with Gasteiger partial charge in [0.25, 0.3) is 11.8 Å². The Balaban J connectivity index is 1.88. The molecule has 0 saturated heterocycles. The van der Waals surface area contributed by atoms with Gasteiger partial charge in [0.15, 0.2) is 16.6 Å². The fourth-order valence-corrected chi connectivity index (χ4v) is 3.90. The first-order valence-electron chi connectivity index (χ1n) is 9.73. The van der Waals surface area contributed by atoms with Crippen molar-refractivity contribution in [3.8, 4) is 17.2 Å². The largest absolute Gasteiger partial charge is 0.490 e. The highest BCUT2D eigenvalue weighted by atomic mass is 32.1. The average Bonchev–Trinajstić information content (AvgIpc) is 3.02. The molecule has 2 amide bonds. The van der Waals surface area contributed by atoms with Crippen molar-refractivity contribution in [2.45, 2.75) is 33.6 Å². The van der Waals surface area contributed by atoms with Gasteiger partial charge in [-0.05, 0) is 45.7 Å². The molecule has 0 aliphatic carbocycles.